The predicted octanol–water partition coefficient (Wildman–Crippen LogP) is 0.144. The van der Waals surface area contributed by atoms with Crippen LogP contribution < -0.4 is 16.4 Å². The number of nitrogens with two attached hydrogens (primary N) is 1. The van der Waals surface area contributed by atoms with Crippen molar-refractivity contribution in [2.24, 2.45) is 5.73 Å². The molecule has 0 aliphatic carbocycles. The van der Waals surface area contributed by atoms with Gasteiger partial charge < -0.3 is 16.4 Å². The Hall–Kier alpha value is -2.39. The molecule has 2 rings (SSSR count). The van der Waals surface area contributed by atoms with Crippen molar-refractivity contribution >= 4 is 11.8 Å². The van der Waals surface area contributed by atoms with E-state index in [0.717, 1.165) is 6.07 Å². The standard InChI is InChI=1S/C15H16FN3O2/c16-13-8-11(4-3-10(13)2-1-7-17)15(21)19-12-5-6-14(20)18-9-12/h3-4,8,12H,5-7,9,17H2,(H,18,20)(H,19,21). The summed E-state index contributed by atoms with van der Waals surface area (Å²) in [4.78, 5) is 23.1. The minimum Gasteiger partial charge on any atom is -0.354 e. The molecule has 1 atom stereocenters. The molecule has 6 heteroatoms. The van der Waals surface area contributed by atoms with Crippen molar-refractivity contribution in [3.8, 4) is 11.8 Å². The van der Waals surface area contributed by atoms with Gasteiger partial charge in [0.1, 0.15) is 5.82 Å². The minimum atomic E-state index is -0.555. The van der Waals surface area contributed by atoms with Crippen molar-refractivity contribution < 1.29 is 14.0 Å². The topological polar surface area (TPSA) is 84.2 Å². The van der Waals surface area contributed by atoms with E-state index in [1.807, 2.05) is 0 Å². The summed E-state index contributed by atoms with van der Waals surface area (Å²) >= 11 is 0. The van der Waals surface area contributed by atoms with Gasteiger partial charge in [0, 0.05) is 24.6 Å². The van der Waals surface area contributed by atoms with Gasteiger partial charge >= 0.3 is 0 Å². The molecular formula is C15H16FN3O2. The van der Waals surface area contributed by atoms with E-state index in [2.05, 4.69) is 22.5 Å². The third-order valence-electron chi connectivity index (χ3n) is 3.16. The molecule has 0 bridgehead atoms. The number of nitrogens with one attached hydrogen (secondary N) is 2. The molecule has 0 radical (unpaired) electrons. The molecule has 1 heterocycles. The van der Waals surface area contributed by atoms with E-state index in [0.29, 0.717) is 19.4 Å². The first-order valence-corrected chi connectivity index (χ1v) is 6.66. The third-order valence-corrected chi connectivity index (χ3v) is 3.16. The highest BCUT2D eigenvalue weighted by Crippen LogP contribution is 2.11. The first-order valence-electron chi connectivity index (χ1n) is 6.66. The van der Waals surface area contributed by atoms with Crippen molar-refractivity contribution in [3.63, 3.8) is 0 Å². The van der Waals surface area contributed by atoms with E-state index < -0.39 is 5.82 Å². The predicted molar refractivity (Wildman–Crippen MR) is 75.8 cm³/mol. The second kappa shape index (κ2) is 6.86. The molecule has 4 N–H and O–H groups in total. The fraction of sp³-hybridized carbons (Fsp3) is 0.333. The Bertz CT molecular complexity index is 609. The molecule has 5 nitrogen and oxygen atoms in total. The van der Waals surface area contributed by atoms with Crippen LogP contribution in [-0.4, -0.2) is 30.9 Å². The third kappa shape index (κ3) is 4.04. The summed E-state index contributed by atoms with van der Waals surface area (Å²) in [5.74, 6) is 4.22. The molecular weight excluding hydrogens is 273 g/mol. The van der Waals surface area contributed by atoms with Crippen molar-refractivity contribution in [1.82, 2.24) is 10.6 Å². The van der Waals surface area contributed by atoms with Gasteiger partial charge in [0.05, 0.1) is 12.1 Å². The van der Waals surface area contributed by atoms with Crippen LogP contribution in [-0.2, 0) is 4.79 Å². The Labute approximate surface area is 122 Å². The summed E-state index contributed by atoms with van der Waals surface area (Å²) in [5.41, 5.74) is 5.66. The van der Waals surface area contributed by atoms with Crippen LogP contribution in [0.3, 0.4) is 0 Å². The van der Waals surface area contributed by atoms with Crippen LogP contribution in [0.2, 0.25) is 0 Å². The van der Waals surface area contributed by atoms with E-state index in [4.69, 9.17) is 5.73 Å². The molecule has 1 fully saturated rings. The molecule has 1 aromatic rings. The average Bonchev–Trinajstić information content (AvgIpc) is 2.48. The summed E-state index contributed by atoms with van der Waals surface area (Å²) < 4.78 is 13.8. The van der Waals surface area contributed by atoms with E-state index in [-0.39, 0.29) is 35.5 Å². The van der Waals surface area contributed by atoms with Crippen molar-refractivity contribution in [3.05, 3.63) is 35.1 Å². The molecule has 1 aliphatic rings. The van der Waals surface area contributed by atoms with Crippen molar-refractivity contribution in [1.29, 1.82) is 0 Å². The first-order chi connectivity index (χ1) is 10.1. The highest BCUT2D eigenvalue weighted by molar-refractivity contribution is 5.94. The highest BCUT2D eigenvalue weighted by Gasteiger charge is 2.20. The lowest BCUT2D eigenvalue weighted by Crippen LogP contribution is -2.47. The van der Waals surface area contributed by atoms with Crippen molar-refractivity contribution in [2.45, 2.75) is 18.9 Å². The van der Waals surface area contributed by atoms with Gasteiger partial charge in [0.15, 0.2) is 0 Å². The van der Waals surface area contributed by atoms with Crippen LogP contribution in [0.1, 0.15) is 28.8 Å². The number of piperidine rings is 1. The van der Waals surface area contributed by atoms with E-state index in [9.17, 15) is 14.0 Å². The molecule has 0 aromatic heterocycles. The Morgan fingerprint density at radius 1 is 1.52 bits per heavy atom. The fourth-order valence-electron chi connectivity index (χ4n) is 2.03. The maximum atomic E-state index is 13.8. The number of carbonyl (C=O) groups is 2. The Kier molecular flexibility index (Phi) is 4.90. The summed E-state index contributed by atoms with van der Waals surface area (Å²) in [6.45, 7) is 0.544. The van der Waals surface area contributed by atoms with Gasteiger partial charge in [0.2, 0.25) is 5.91 Å². The lowest BCUT2D eigenvalue weighted by Gasteiger charge is -2.23. The molecule has 1 aromatic carbocycles. The number of hydrogen-bond donors (Lipinski definition) is 3. The molecule has 1 aliphatic heterocycles. The maximum Gasteiger partial charge on any atom is 0.251 e. The van der Waals surface area contributed by atoms with E-state index >= 15 is 0 Å². The number of amides is 2. The quantitative estimate of drug-likeness (QED) is 0.677. The monoisotopic (exact) mass is 289 g/mol. The summed E-state index contributed by atoms with van der Waals surface area (Å²) in [6.07, 6.45) is 0.965. The van der Waals surface area contributed by atoms with Crippen LogP contribution >= 0.6 is 0 Å². The molecule has 2 amide bonds. The largest absolute Gasteiger partial charge is 0.354 e. The normalized spacial score (nSPS) is 17.4. The van der Waals surface area contributed by atoms with Gasteiger partial charge in [-0.05, 0) is 24.6 Å². The molecule has 1 saturated heterocycles. The number of carbonyl (C=O) groups excluding carboxylic acids is 2. The molecule has 0 spiro atoms. The zero-order chi connectivity index (χ0) is 15.2. The van der Waals surface area contributed by atoms with Gasteiger partial charge in [-0.2, -0.15) is 0 Å². The number of benzene rings is 1. The van der Waals surface area contributed by atoms with Crippen molar-refractivity contribution in [2.75, 3.05) is 13.1 Å². The van der Waals surface area contributed by atoms with Crippen LogP contribution in [0.15, 0.2) is 18.2 Å². The molecule has 1 unspecified atom stereocenters. The summed E-state index contributed by atoms with van der Waals surface area (Å²) in [6, 6.07) is 3.99. The van der Waals surface area contributed by atoms with Crippen LogP contribution in [0, 0.1) is 17.7 Å². The number of hydrogen-bond acceptors (Lipinski definition) is 3. The number of halogens is 1. The lowest BCUT2D eigenvalue weighted by molar-refractivity contribution is -0.122. The van der Waals surface area contributed by atoms with E-state index in [1.54, 1.807) is 0 Å². The van der Waals surface area contributed by atoms with Crippen LogP contribution in [0.25, 0.3) is 0 Å². The van der Waals surface area contributed by atoms with Gasteiger partial charge in [-0.15, -0.1) is 0 Å². The molecule has 110 valence electrons. The van der Waals surface area contributed by atoms with E-state index in [1.165, 1.54) is 12.1 Å². The maximum absolute atomic E-state index is 13.8. The van der Waals surface area contributed by atoms with Gasteiger partial charge in [0.25, 0.3) is 5.91 Å². The summed E-state index contributed by atoms with van der Waals surface area (Å²) in [7, 11) is 0. The zero-order valence-corrected chi connectivity index (χ0v) is 11.4. The van der Waals surface area contributed by atoms with Gasteiger partial charge in [-0.3, -0.25) is 9.59 Å². The highest BCUT2D eigenvalue weighted by atomic mass is 19.1. The van der Waals surface area contributed by atoms with Gasteiger partial charge in [-0.1, -0.05) is 11.8 Å². The van der Waals surface area contributed by atoms with Crippen LogP contribution in [0.4, 0.5) is 4.39 Å². The number of rotatable bonds is 2. The second-order valence-electron chi connectivity index (χ2n) is 4.71. The Morgan fingerprint density at radius 3 is 2.95 bits per heavy atom. The zero-order valence-electron chi connectivity index (χ0n) is 11.4. The average molecular weight is 289 g/mol. The lowest BCUT2D eigenvalue weighted by atomic mass is 10.1. The molecule has 0 saturated carbocycles. The SMILES string of the molecule is NCC#Cc1ccc(C(=O)NC2CCC(=O)NC2)cc1F. The summed E-state index contributed by atoms with van der Waals surface area (Å²) in [5, 5.41) is 5.44. The minimum absolute atomic E-state index is 0.0191. The van der Waals surface area contributed by atoms with Gasteiger partial charge in [-0.25, -0.2) is 4.39 Å². The second-order valence-corrected chi connectivity index (χ2v) is 4.71. The Morgan fingerprint density at radius 2 is 2.33 bits per heavy atom. The first kappa shape index (κ1) is 15.0. The molecule has 21 heavy (non-hydrogen) atoms. The fourth-order valence-corrected chi connectivity index (χ4v) is 2.03. The van der Waals surface area contributed by atoms with Crippen LogP contribution in [0.5, 0.6) is 0 Å². The smallest absolute Gasteiger partial charge is 0.251 e. The Balaban J connectivity index is 2.02.